The number of hydrogen-bond acceptors (Lipinski definition) is 4. The molecule has 0 unspecified atom stereocenters. The monoisotopic (exact) mass is 339 g/mol. The highest BCUT2D eigenvalue weighted by Crippen LogP contribution is 2.13. The summed E-state index contributed by atoms with van der Waals surface area (Å²) >= 11 is 0. The third kappa shape index (κ3) is 4.50. The number of benzene rings is 1. The zero-order chi connectivity index (χ0) is 16.9. The first-order valence-corrected chi connectivity index (χ1v) is 8.94. The van der Waals surface area contributed by atoms with Gasteiger partial charge in [-0.25, -0.2) is 12.8 Å². The summed E-state index contributed by atoms with van der Waals surface area (Å²) < 4.78 is 38.5. The van der Waals surface area contributed by atoms with E-state index in [2.05, 4.69) is 0 Å². The standard InChI is InChI=1S/C15H18FN3O3S/c16-14-5-3-13(4-6-14)15(20)18-8-10-19(11-9-18)23(21,22)12-2-1-7-17/h3-6H,1-2,8-12H2. The van der Waals surface area contributed by atoms with Crippen LogP contribution >= 0.6 is 0 Å². The van der Waals surface area contributed by atoms with E-state index in [0.29, 0.717) is 25.1 Å². The van der Waals surface area contributed by atoms with Crippen LogP contribution in [0.4, 0.5) is 4.39 Å². The average Bonchev–Trinajstić information content (AvgIpc) is 2.55. The molecule has 0 bridgehead atoms. The molecular formula is C15H18FN3O3S. The Balaban J connectivity index is 1.92. The van der Waals surface area contributed by atoms with E-state index >= 15 is 0 Å². The number of unbranched alkanes of at least 4 members (excludes halogenated alkanes) is 1. The number of rotatable bonds is 5. The number of carbonyl (C=O) groups excluding carboxylic acids is 1. The van der Waals surface area contributed by atoms with Gasteiger partial charge < -0.3 is 4.90 Å². The molecule has 23 heavy (non-hydrogen) atoms. The van der Waals surface area contributed by atoms with Crippen LogP contribution in [0.3, 0.4) is 0 Å². The van der Waals surface area contributed by atoms with Gasteiger partial charge in [-0.1, -0.05) is 0 Å². The van der Waals surface area contributed by atoms with Crippen molar-refractivity contribution in [1.29, 1.82) is 5.26 Å². The SMILES string of the molecule is N#CCCCS(=O)(=O)N1CCN(C(=O)c2ccc(F)cc2)CC1. The largest absolute Gasteiger partial charge is 0.336 e. The Morgan fingerprint density at radius 2 is 1.78 bits per heavy atom. The fourth-order valence-electron chi connectivity index (χ4n) is 2.41. The zero-order valence-electron chi connectivity index (χ0n) is 12.6. The molecule has 0 aromatic heterocycles. The lowest BCUT2D eigenvalue weighted by Crippen LogP contribution is -2.51. The molecule has 8 heteroatoms. The lowest BCUT2D eigenvalue weighted by atomic mass is 10.2. The van der Waals surface area contributed by atoms with E-state index in [1.54, 1.807) is 4.90 Å². The van der Waals surface area contributed by atoms with Crippen molar-refractivity contribution in [3.63, 3.8) is 0 Å². The molecular weight excluding hydrogens is 321 g/mol. The van der Waals surface area contributed by atoms with Gasteiger partial charge in [-0.05, 0) is 30.7 Å². The van der Waals surface area contributed by atoms with Crippen LogP contribution in [0.15, 0.2) is 24.3 Å². The molecule has 6 nitrogen and oxygen atoms in total. The van der Waals surface area contributed by atoms with Gasteiger partial charge in [-0.2, -0.15) is 9.57 Å². The normalized spacial score (nSPS) is 16.1. The summed E-state index contributed by atoms with van der Waals surface area (Å²) in [5.41, 5.74) is 0.386. The molecule has 1 heterocycles. The molecule has 2 rings (SSSR count). The summed E-state index contributed by atoms with van der Waals surface area (Å²) in [5, 5.41) is 8.47. The Kier molecular flexibility index (Phi) is 5.69. The van der Waals surface area contributed by atoms with Crippen LogP contribution in [-0.4, -0.2) is 55.5 Å². The van der Waals surface area contributed by atoms with Gasteiger partial charge in [-0.3, -0.25) is 4.79 Å². The minimum absolute atomic E-state index is 0.0491. The Hall–Kier alpha value is -1.98. The first-order chi connectivity index (χ1) is 10.9. The quantitative estimate of drug-likeness (QED) is 0.755. The number of carbonyl (C=O) groups is 1. The van der Waals surface area contributed by atoms with Gasteiger partial charge in [0.25, 0.3) is 5.91 Å². The maximum absolute atomic E-state index is 12.9. The Morgan fingerprint density at radius 3 is 2.35 bits per heavy atom. The van der Waals surface area contributed by atoms with Gasteiger partial charge in [-0.15, -0.1) is 0 Å². The van der Waals surface area contributed by atoms with Crippen molar-refractivity contribution in [2.24, 2.45) is 0 Å². The summed E-state index contributed by atoms with van der Waals surface area (Å²) in [5.74, 6) is -0.687. The molecule has 0 atom stereocenters. The van der Waals surface area contributed by atoms with Crippen LogP contribution in [0.2, 0.25) is 0 Å². The van der Waals surface area contributed by atoms with E-state index < -0.39 is 15.8 Å². The number of amides is 1. The summed E-state index contributed by atoms with van der Waals surface area (Å²) in [6.45, 7) is 1.07. The maximum atomic E-state index is 12.9. The second-order valence-electron chi connectivity index (χ2n) is 5.28. The molecule has 1 aliphatic heterocycles. The highest BCUT2D eigenvalue weighted by Gasteiger charge is 2.28. The highest BCUT2D eigenvalue weighted by atomic mass is 32.2. The molecule has 0 N–H and O–H groups in total. The minimum Gasteiger partial charge on any atom is -0.336 e. The van der Waals surface area contributed by atoms with Crippen molar-refractivity contribution in [2.75, 3.05) is 31.9 Å². The third-order valence-corrected chi connectivity index (χ3v) is 5.66. The van der Waals surface area contributed by atoms with Crippen molar-refractivity contribution >= 4 is 15.9 Å². The first kappa shape index (κ1) is 17.4. The van der Waals surface area contributed by atoms with E-state index in [0.717, 1.165) is 0 Å². The fraction of sp³-hybridized carbons (Fsp3) is 0.467. The van der Waals surface area contributed by atoms with Crippen LogP contribution in [-0.2, 0) is 10.0 Å². The molecule has 1 saturated heterocycles. The van der Waals surface area contributed by atoms with Gasteiger partial charge in [0.2, 0.25) is 10.0 Å². The van der Waals surface area contributed by atoms with Crippen LogP contribution in [0.1, 0.15) is 23.2 Å². The molecule has 1 fully saturated rings. The van der Waals surface area contributed by atoms with E-state index in [9.17, 15) is 17.6 Å². The average molecular weight is 339 g/mol. The number of nitriles is 1. The Bertz CT molecular complexity index is 690. The second kappa shape index (κ2) is 7.53. The predicted octanol–water partition coefficient (Wildman–Crippen LogP) is 1.22. The van der Waals surface area contributed by atoms with E-state index in [1.807, 2.05) is 6.07 Å². The smallest absolute Gasteiger partial charge is 0.253 e. The summed E-state index contributed by atoms with van der Waals surface area (Å²) in [6.07, 6.45) is 0.524. The molecule has 1 amide bonds. The Morgan fingerprint density at radius 1 is 1.17 bits per heavy atom. The Labute approximate surface area is 135 Å². The maximum Gasteiger partial charge on any atom is 0.253 e. The van der Waals surface area contributed by atoms with Crippen molar-refractivity contribution in [2.45, 2.75) is 12.8 Å². The molecule has 124 valence electrons. The van der Waals surface area contributed by atoms with Gasteiger partial charge >= 0.3 is 0 Å². The van der Waals surface area contributed by atoms with Crippen LogP contribution in [0.25, 0.3) is 0 Å². The molecule has 0 saturated carbocycles. The predicted molar refractivity (Wildman–Crippen MR) is 82.5 cm³/mol. The summed E-state index contributed by atoms with van der Waals surface area (Å²) in [4.78, 5) is 13.8. The zero-order valence-corrected chi connectivity index (χ0v) is 13.4. The molecule has 0 aliphatic carbocycles. The van der Waals surface area contributed by atoms with Gasteiger partial charge in [0, 0.05) is 38.2 Å². The number of halogens is 1. The van der Waals surface area contributed by atoms with Crippen LogP contribution in [0, 0.1) is 17.1 Å². The van der Waals surface area contributed by atoms with Crippen molar-refractivity contribution in [1.82, 2.24) is 9.21 Å². The molecule has 0 radical (unpaired) electrons. The summed E-state index contributed by atoms with van der Waals surface area (Å²) in [6, 6.07) is 7.21. The van der Waals surface area contributed by atoms with Crippen LogP contribution in [0.5, 0.6) is 0 Å². The number of sulfonamides is 1. The third-order valence-electron chi connectivity index (χ3n) is 3.70. The molecule has 1 aromatic carbocycles. The number of piperazine rings is 1. The second-order valence-corrected chi connectivity index (χ2v) is 7.36. The first-order valence-electron chi connectivity index (χ1n) is 7.33. The number of hydrogen-bond donors (Lipinski definition) is 0. The summed E-state index contributed by atoms with van der Waals surface area (Å²) in [7, 11) is -3.38. The van der Waals surface area contributed by atoms with Crippen LogP contribution < -0.4 is 0 Å². The molecule has 1 aromatic rings. The number of nitrogens with zero attached hydrogens (tertiary/aromatic N) is 3. The molecule has 0 spiro atoms. The van der Waals surface area contributed by atoms with Crippen molar-refractivity contribution in [3.8, 4) is 6.07 Å². The lowest BCUT2D eigenvalue weighted by Gasteiger charge is -2.34. The van der Waals surface area contributed by atoms with E-state index in [-0.39, 0.29) is 31.2 Å². The van der Waals surface area contributed by atoms with E-state index in [1.165, 1.54) is 28.6 Å². The van der Waals surface area contributed by atoms with E-state index in [4.69, 9.17) is 5.26 Å². The topological polar surface area (TPSA) is 81.5 Å². The highest BCUT2D eigenvalue weighted by molar-refractivity contribution is 7.89. The van der Waals surface area contributed by atoms with Crippen molar-refractivity contribution in [3.05, 3.63) is 35.6 Å². The van der Waals surface area contributed by atoms with Gasteiger partial charge in [0.1, 0.15) is 5.82 Å². The van der Waals surface area contributed by atoms with Gasteiger partial charge in [0.15, 0.2) is 0 Å². The van der Waals surface area contributed by atoms with Gasteiger partial charge in [0.05, 0.1) is 11.8 Å². The minimum atomic E-state index is -3.38. The fourth-order valence-corrected chi connectivity index (χ4v) is 3.89. The van der Waals surface area contributed by atoms with Crippen molar-refractivity contribution < 1.29 is 17.6 Å². The molecule has 1 aliphatic rings. The lowest BCUT2D eigenvalue weighted by molar-refractivity contribution is 0.0698.